The Bertz CT molecular complexity index is 424. The van der Waals surface area contributed by atoms with Gasteiger partial charge in [-0.15, -0.1) is 11.3 Å². The molecule has 0 aliphatic carbocycles. The van der Waals surface area contributed by atoms with Crippen molar-refractivity contribution in [2.75, 3.05) is 13.1 Å². The largest absolute Gasteiger partial charge is 0.293 e. The van der Waals surface area contributed by atoms with Gasteiger partial charge in [0.25, 0.3) is 0 Å². The first-order valence-corrected chi connectivity index (χ1v) is 7.13. The number of Topliss-reactive ketones (excluding diaryl/α,β-unsaturated/α-hetero) is 1. The van der Waals surface area contributed by atoms with Gasteiger partial charge in [0.05, 0.1) is 6.54 Å². The Hall–Kier alpha value is -0.670. The highest BCUT2D eigenvalue weighted by Gasteiger charge is 2.28. The summed E-state index contributed by atoms with van der Waals surface area (Å²) < 4.78 is 0. The van der Waals surface area contributed by atoms with Crippen molar-refractivity contribution in [2.24, 2.45) is 5.92 Å². The van der Waals surface area contributed by atoms with Gasteiger partial charge in [-0.3, -0.25) is 9.69 Å². The summed E-state index contributed by atoms with van der Waals surface area (Å²) >= 11 is 1.72. The first kappa shape index (κ1) is 12.8. The van der Waals surface area contributed by atoms with E-state index in [1.54, 1.807) is 11.3 Å². The van der Waals surface area contributed by atoms with Crippen LogP contribution >= 0.6 is 11.3 Å². The van der Waals surface area contributed by atoms with E-state index in [1.807, 2.05) is 13.0 Å². The number of aryl methyl sites for hydroxylation is 2. The molecule has 3 heteroatoms. The fourth-order valence-corrected chi connectivity index (χ4v) is 3.73. The molecule has 2 heterocycles. The molecule has 0 bridgehead atoms. The van der Waals surface area contributed by atoms with Gasteiger partial charge in [-0.25, -0.2) is 0 Å². The standard InChI is InChI=1S/C14H21NOS/c1-9-5-10(2)15(7-9)8-14(16)13-6-11(3)17-12(13)4/h6,9-10H,5,7-8H2,1-4H3. The van der Waals surface area contributed by atoms with Crippen molar-refractivity contribution in [2.45, 2.75) is 40.2 Å². The first-order valence-electron chi connectivity index (χ1n) is 6.31. The lowest BCUT2D eigenvalue weighted by molar-refractivity contribution is 0.0925. The molecule has 2 unspecified atom stereocenters. The van der Waals surface area contributed by atoms with E-state index in [9.17, 15) is 4.79 Å². The highest BCUT2D eigenvalue weighted by atomic mass is 32.1. The average molecular weight is 251 g/mol. The average Bonchev–Trinajstić information content (AvgIpc) is 2.70. The second kappa shape index (κ2) is 4.91. The molecule has 1 aliphatic rings. The lowest BCUT2D eigenvalue weighted by atomic mass is 10.1. The molecule has 0 radical (unpaired) electrons. The molecular formula is C14H21NOS. The van der Waals surface area contributed by atoms with Crippen LogP contribution in [0.1, 0.15) is 40.4 Å². The molecule has 2 rings (SSSR count). The number of ketones is 1. The molecule has 0 amide bonds. The van der Waals surface area contributed by atoms with Crippen molar-refractivity contribution in [3.8, 4) is 0 Å². The van der Waals surface area contributed by atoms with Crippen LogP contribution in [0.5, 0.6) is 0 Å². The number of carbonyl (C=O) groups is 1. The van der Waals surface area contributed by atoms with Crippen molar-refractivity contribution >= 4 is 17.1 Å². The Kier molecular flexibility index (Phi) is 3.69. The minimum absolute atomic E-state index is 0.285. The highest BCUT2D eigenvalue weighted by molar-refractivity contribution is 7.12. The highest BCUT2D eigenvalue weighted by Crippen LogP contribution is 2.25. The van der Waals surface area contributed by atoms with Crippen molar-refractivity contribution in [1.29, 1.82) is 0 Å². The fraction of sp³-hybridized carbons (Fsp3) is 0.643. The molecule has 1 aromatic heterocycles. The number of thiophene rings is 1. The number of likely N-dealkylation sites (tertiary alicyclic amines) is 1. The minimum Gasteiger partial charge on any atom is -0.293 e. The van der Waals surface area contributed by atoms with Gasteiger partial charge >= 0.3 is 0 Å². The van der Waals surface area contributed by atoms with Crippen LogP contribution < -0.4 is 0 Å². The molecular weight excluding hydrogens is 230 g/mol. The smallest absolute Gasteiger partial charge is 0.177 e. The molecule has 1 fully saturated rings. The second-order valence-electron chi connectivity index (χ2n) is 5.37. The first-order chi connectivity index (χ1) is 7.97. The van der Waals surface area contributed by atoms with Crippen molar-refractivity contribution < 1.29 is 4.79 Å². The molecule has 1 aromatic rings. The summed E-state index contributed by atoms with van der Waals surface area (Å²) in [4.78, 5) is 17.0. The van der Waals surface area contributed by atoms with Gasteiger partial charge in [0, 0.05) is 27.9 Å². The number of rotatable bonds is 3. The van der Waals surface area contributed by atoms with Crippen LogP contribution in [0.4, 0.5) is 0 Å². The van der Waals surface area contributed by atoms with Crippen LogP contribution in [0.2, 0.25) is 0 Å². The van der Waals surface area contributed by atoms with Crippen molar-refractivity contribution in [1.82, 2.24) is 4.90 Å². The summed E-state index contributed by atoms with van der Waals surface area (Å²) in [6, 6.07) is 2.58. The molecule has 17 heavy (non-hydrogen) atoms. The molecule has 94 valence electrons. The van der Waals surface area contributed by atoms with Crippen LogP contribution in [0.3, 0.4) is 0 Å². The van der Waals surface area contributed by atoms with Crippen molar-refractivity contribution in [3.63, 3.8) is 0 Å². The van der Waals surface area contributed by atoms with Gasteiger partial charge in [0.2, 0.25) is 0 Å². The third-order valence-electron chi connectivity index (χ3n) is 3.60. The van der Waals surface area contributed by atoms with E-state index in [2.05, 4.69) is 25.7 Å². The van der Waals surface area contributed by atoms with E-state index in [1.165, 1.54) is 11.3 Å². The summed E-state index contributed by atoms with van der Waals surface area (Å²) in [7, 11) is 0. The number of hydrogen-bond donors (Lipinski definition) is 0. The minimum atomic E-state index is 0.285. The van der Waals surface area contributed by atoms with Gasteiger partial charge in [0.1, 0.15) is 0 Å². The Morgan fingerprint density at radius 2 is 2.18 bits per heavy atom. The van der Waals surface area contributed by atoms with Crippen molar-refractivity contribution in [3.05, 3.63) is 21.4 Å². The summed E-state index contributed by atoms with van der Waals surface area (Å²) in [5.74, 6) is 1.01. The molecule has 2 nitrogen and oxygen atoms in total. The van der Waals surface area contributed by atoms with E-state index >= 15 is 0 Å². The van der Waals surface area contributed by atoms with Gasteiger partial charge in [-0.2, -0.15) is 0 Å². The van der Waals surface area contributed by atoms with E-state index in [0.717, 1.165) is 22.9 Å². The third kappa shape index (κ3) is 2.78. The Labute approximate surface area is 108 Å². The molecule has 0 spiro atoms. The van der Waals surface area contributed by atoms with E-state index in [0.29, 0.717) is 12.6 Å². The van der Waals surface area contributed by atoms with Crippen LogP contribution in [0, 0.1) is 19.8 Å². The maximum Gasteiger partial charge on any atom is 0.177 e. The maximum absolute atomic E-state index is 12.3. The monoisotopic (exact) mass is 251 g/mol. The maximum atomic E-state index is 12.3. The zero-order valence-electron chi connectivity index (χ0n) is 11.1. The summed E-state index contributed by atoms with van der Waals surface area (Å²) in [5.41, 5.74) is 0.930. The predicted octanol–water partition coefficient (Wildman–Crippen LogP) is 3.28. The van der Waals surface area contributed by atoms with Crippen LogP contribution in [0.25, 0.3) is 0 Å². The molecule has 0 N–H and O–H groups in total. The SMILES string of the molecule is Cc1cc(C(=O)CN2CC(C)CC2C)c(C)s1. The van der Waals surface area contributed by atoms with Gasteiger partial charge < -0.3 is 0 Å². The predicted molar refractivity (Wildman–Crippen MR) is 72.9 cm³/mol. The summed E-state index contributed by atoms with van der Waals surface area (Å²) in [6.07, 6.45) is 1.22. The van der Waals surface area contributed by atoms with Gasteiger partial charge in [-0.05, 0) is 39.2 Å². The molecule has 0 aromatic carbocycles. The van der Waals surface area contributed by atoms with Crippen LogP contribution in [-0.2, 0) is 0 Å². The lowest BCUT2D eigenvalue weighted by Gasteiger charge is -2.19. The Balaban J connectivity index is 2.05. The molecule has 0 saturated carbocycles. The van der Waals surface area contributed by atoms with Gasteiger partial charge in [-0.1, -0.05) is 6.92 Å². The number of hydrogen-bond acceptors (Lipinski definition) is 3. The fourth-order valence-electron chi connectivity index (χ4n) is 2.78. The van der Waals surface area contributed by atoms with E-state index in [-0.39, 0.29) is 5.78 Å². The Morgan fingerprint density at radius 3 is 2.65 bits per heavy atom. The summed E-state index contributed by atoms with van der Waals surface area (Å²) in [5, 5.41) is 0. The second-order valence-corrected chi connectivity index (χ2v) is 6.83. The van der Waals surface area contributed by atoms with Crippen LogP contribution in [-0.4, -0.2) is 29.8 Å². The zero-order valence-corrected chi connectivity index (χ0v) is 11.9. The van der Waals surface area contributed by atoms with Crippen LogP contribution in [0.15, 0.2) is 6.07 Å². The molecule has 1 aliphatic heterocycles. The zero-order chi connectivity index (χ0) is 12.6. The molecule has 2 atom stereocenters. The summed E-state index contributed by atoms with van der Waals surface area (Å²) in [6.45, 7) is 10.2. The Morgan fingerprint density at radius 1 is 1.47 bits per heavy atom. The number of carbonyl (C=O) groups excluding carboxylic acids is 1. The normalized spacial score (nSPS) is 25.4. The van der Waals surface area contributed by atoms with Gasteiger partial charge in [0.15, 0.2) is 5.78 Å². The molecule has 1 saturated heterocycles. The van der Waals surface area contributed by atoms with E-state index in [4.69, 9.17) is 0 Å². The van der Waals surface area contributed by atoms with E-state index < -0.39 is 0 Å². The topological polar surface area (TPSA) is 20.3 Å². The third-order valence-corrected chi connectivity index (χ3v) is 4.57. The quantitative estimate of drug-likeness (QED) is 0.768. The lowest BCUT2D eigenvalue weighted by Crippen LogP contribution is -2.32. The number of nitrogens with zero attached hydrogens (tertiary/aromatic N) is 1.